The van der Waals surface area contributed by atoms with Crippen molar-refractivity contribution < 1.29 is 9.90 Å². The quantitative estimate of drug-likeness (QED) is 0.900. The van der Waals surface area contributed by atoms with E-state index in [4.69, 9.17) is 0 Å². The van der Waals surface area contributed by atoms with Crippen LogP contribution in [-0.2, 0) is 4.79 Å². The van der Waals surface area contributed by atoms with E-state index in [1.807, 2.05) is 37.3 Å². The minimum atomic E-state index is -0.000716. The van der Waals surface area contributed by atoms with Gasteiger partial charge in [-0.3, -0.25) is 4.79 Å². The Morgan fingerprint density at radius 2 is 1.90 bits per heavy atom. The molecule has 2 aromatic carbocycles. The highest BCUT2D eigenvalue weighted by molar-refractivity contribution is 5.92. The molecule has 2 N–H and O–H groups in total. The highest BCUT2D eigenvalue weighted by Crippen LogP contribution is 2.45. The smallest absolute Gasteiger partial charge is 0.224 e. The van der Waals surface area contributed by atoms with Crippen molar-refractivity contribution in [3.05, 3.63) is 53.6 Å². The fourth-order valence-corrected chi connectivity index (χ4v) is 3.03. The summed E-state index contributed by atoms with van der Waals surface area (Å²) >= 11 is 0. The summed E-state index contributed by atoms with van der Waals surface area (Å²) in [5.74, 6) is 0.0349. The van der Waals surface area contributed by atoms with Gasteiger partial charge in [-0.15, -0.1) is 0 Å². The lowest BCUT2D eigenvalue weighted by Crippen LogP contribution is -2.11. The van der Waals surface area contributed by atoms with Crippen molar-refractivity contribution >= 4 is 11.6 Å². The van der Waals surface area contributed by atoms with Gasteiger partial charge >= 0.3 is 0 Å². The molecule has 21 heavy (non-hydrogen) atoms. The zero-order valence-corrected chi connectivity index (χ0v) is 12.1. The third-order valence-corrected chi connectivity index (χ3v) is 4.00. The van der Waals surface area contributed by atoms with Gasteiger partial charge in [-0.05, 0) is 40.8 Å². The second kappa shape index (κ2) is 5.70. The number of nitrogens with one attached hydrogen (secondary N) is 1. The van der Waals surface area contributed by atoms with E-state index < -0.39 is 0 Å². The van der Waals surface area contributed by atoms with Gasteiger partial charge in [0, 0.05) is 18.0 Å². The summed E-state index contributed by atoms with van der Waals surface area (Å²) in [6, 6.07) is 14.1. The van der Waals surface area contributed by atoms with Crippen molar-refractivity contribution in [3.8, 4) is 11.1 Å². The fourth-order valence-electron chi connectivity index (χ4n) is 3.03. The van der Waals surface area contributed by atoms with Crippen LogP contribution in [0.15, 0.2) is 42.5 Å². The van der Waals surface area contributed by atoms with E-state index in [2.05, 4.69) is 17.4 Å². The van der Waals surface area contributed by atoms with Gasteiger partial charge in [-0.25, -0.2) is 0 Å². The number of aliphatic hydroxyl groups is 1. The van der Waals surface area contributed by atoms with E-state index in [0.717, 1.165) is 28.8 Å². The van der Waals surface area contributed by atoms with Crippen molar-refractivity contribution in [3.63, 3.8) is 0 Å². The predicted octanol–water partition coefficient (Wildman–Crippen LogP) is 3.53. The van der Waals surface area contributed by atoms with Crippen LogP contribution in [-0.4, -0.2) is 17.6 Å². The van der Waals surface area contributed by atoms with Crippen LogP contribution in [0, 0.1) is 0 Å². The molecule has 0 heterocycles. The van der Waals surface area contributed by atoms with Crippen LogP contribution in [0.1, 0.15) is 36.8 Å². The molecule has 0 spiro atoms. The summed E-state index contributed by atoms with van der Waals surface area (Å²) in [4.78, 5) is 11.7. The number of carbonyl (C=O) groups excluding carboxylic acids is 1. The number of hydrogen-bond acceptors (Lipinski definition) is 2. The summed E-state index contributed by atoms with van der Waals surface area (Å²) in [6.07, 6.45) is 1.36. The molecule has 1 atom stereocenters. The molecule has 108 valence electrons. The van der Waals surface area contributed by atoms with E-state index >= 15 is 0 Å². The summed E-state index contributed by atoms with van der Waals surface area (Å²) < 4.78 is 0. The largest absolute Gasteiger partial charge is 0.395 e. The summed E-state index contributed by atoms with van der Waals surface area (Å²) in [5, 5.41) is 12.7. The lowest BCUT2D eigenvalue weighted by molar-refractivity contribution is -0.116. The zero-order chi connectivity index (χ0) is 14.8. The molecule has 2 aromatic rings. The monoisotopic (exact) mass is 281 g/mol. The molecule has 0 bridgehead atoms. The Morgan fingerprint density at radius 1 is 1.14 bits per heavy atom. The average molecular weight is 281 g/mol. The van der Waals surface area contributed by atoms with Gasteiger partial charge in [-0.1, -0.05) is 37.3 Å². The lowest BCUT2D eigenvalue weighted by atomic mass is 9.98. The third kappa shape index (κ3) is 2.45. The Bertz CT molecular complexity index is 679. The van der Waals surface area contributed by atoms with Crippen molar-refractivity contribution in [2.75, 3.05) is 11.9 Å². The van der Waals surface area contributed by atoms with Gasteiger partial charge in [-0.2, -0.15) is 0 Å². The van der Waals surface area contributed by atoms with Crippen LogP contribution < -0.4 is 5.32 Å². The molecule has 3 nitrogen and oxygen atoms in total. The Kier molecular flexibility index (Phi) is 3.76. The normalized spacial score (nSPS) is 15.4. The van der Waals surface area contributed by atoms with Crippen LogP contribution >= 0.6 is 0 Å². The molecule has 0 saturated carbocycles. The van der Waals surface area contributed by atoms with Crippen LogP contribution in [0.2, 0.25) is 0 Å². The minimum Gasteiger partial charge on any atom is -0.395 e. The molecule has 1 unspecified atom stereocenters. The molecule has 0 radical (unpaired) electrons. The molecular weight excluding hydrogens is 262 g/mol. The molecule has 0 fully saturated rings. The zero-order valence-electron chi connectivity index (χ0n) is 12.1. The Balaban J connectivity index is 1.97. The van der Waals surface area contributed by atoms with Gasteiger partial charge in [0.1, 0.15) is 0 Å². The number of rotatable bonds is 4. The molecule has 0 aliphatic heterocycles. The molecular formula is C18H19NO2. The molecule has 1 aliphatic rings. The Morgan fingerprint density at radius 3 is 2.67 bits per heavy atom. The van der Waals surface area contributed by atoms with E-state index in [1.165, 1.54) is 5.56 Å². The molecule has 3 rings (SSSR count). The number of carbonyl (C=O) groups is 1. The Hall–Kier alpha value is -2.13. The predicted molar refractivity (Wildman–Crippen MR) is 84.3 cm³/mol. The highest BCUT2D eigenvalue weighted by Gasteiger charge is 2.27. The van der Waals surface area contributed by atoms with Gasteiger partial charge in [0.2, 0.25) is 5.91 Å². The number of aliphatic hydroxyl groups excluding tert-OH is 1. The maximum absolute atomic E-state index is 11.7. The second-order valence-electron chi connectivity index (χ2n) is 5.42. The van der Waals surface area contributed by atoms with Crippen LogP contribution in [0.5, 0.6) is 0 Å². The van der Waals surface area contributed by atoms with Crippen molar-refractivity contribution in [1.82, 2.24) is 0 Å². The van der Waals surface area contributed by atoms with Gasteiger partial charge in [0.05, 0.1) is 6.61 Å². The summed E-state index contributed by atoms with van der Waals surface area (Å²) in [7, 11) is 0. The standard InChI is InChI=1S/C18H19NO2/c1-2-5-18(21)19-12-8-9-15-13-6-3-4-7-14(13)17(11-20)16(15)10-12/h3-4,6-10,17,20H,2,5,11H2,1H3,(H,19,21). The SMILES string of the molecule is CCCC(=O)Nc1ccc2c(c1)C(CO)c1ccccc1-2. The maximum Gasteiger partial charge on any atom is 0.224 e. The van der Waals surface area contributed by atoms with Gasteiger partial charge in [0.15, 0.2) is 0 Å². The second-order valence-corrected chi connectivity index (χ2v) is 5.42. The Labute approximate surface area is 124 Å². The van der Waals surface area contributed by atoms with Crippen molar-refractivity contribution in [1.29, 1.82) is 0 Å². The molecule has 3 heteroatoms. The van der Waals surface area contributed by atoms with E-state index in [-0.39, 0.29) is 18.4 Å². The number of amides is 1. The van der Waals surface area contributed by atoms with E-state index in [9.17, 15) is 9.90 Å². The average Bonchev–Trinajstić information content (AvgIpc) is 2.80. The molecule has 1 amide bonds. The fraction of sp³-hybridized carbons (Fsp3) is 0.278. The maximum atomic E-state index is 11.7. The number of fused-ring (bicyclic) bond motifs is 3. The van der Waals surface area contributed by atoms with E-state index in [0.29, 0.717) is 6.42 Å². The first-order valence-corrected chi connectivity index (χ1v) is 7.38. The van der Waals surface area contributed by atoms with Crippen LogP contribution in [0.4, 0.5) is 5.69 Å². The van der Waals surface area contributed by atoms with Crippen LogP contribution in [0.3, 0.4) is 0 Å². The number of hydrogen-bond donors (Lipinski definition) is 2. The first kappa shape index (κ1) is 13.8. The van der Waals surface area contributed by atoms with Gasteiger partial charge in [0.25, 0.3) is 0 Å². The number of benzene rings is 2. The molecule has 0 saturated heterocycles. The van der Waals surface area contributed by atoms with Crippen molar-refractivity contribution in [2.45, 2.75) is 25.7 Å². The molecule has 1 aliphatic carbocycles. The molecule has 0 aromatic heterocycles. The third-order valence-electron chi connectivity index (χ3n) is 4.00. The van der Waals surface area contributed by atoms with Gasteiger partial charge < -0.3 is 10.4 Å². The first-order valence-electron chi connectivity index (χ1n) is 7.38. The lowest BCUT2D eigenvalue weighted by Gasteiger charge is -2.11. The number of anilines is 1. The first-order chi connectivity index (χ1) is 10.2. The van der Waals surface area contributed by atoms with E-state index in [1.54, 1.807) is 0 Å². The van der Waals surface area contributed by atoms with Crippen LogP contribution in [0.25, 0.3) is 11.1 Å². The topological polar surface area (TPSA) is 49.3 Å². The highest BCUT2D eigenvalue weighted by atomic mass is 16.3. The van der Waals surface area contributed by atoms with Crippen molar-refractivity contribution in [2.24, 2.45) is 0 Å². The summed E-state index contributed by atoms with van der Waals surface area (Å²) in [5.41, 5.74) is 5.38. The summed E-state index contributed by atoms with van der Waals surface area (Å²) in [6.45, 7) is 2.07. The minimum absolute atomic E-state index is 0.000716.